The van der Waals surface area contributed by atoms with Crippen molar-refractivity contribution >= 4 is 52.2 Å². The van der Waals surface area contributed by atoms with Crippen LogP contribution in [0.2, 0.25) is 15.1 Å². The lowest BCUT2D eigenvalue weighted by molar-refractivity contribution is -0.120. The van der Waals surface area contributed by atoms with Gasteiger partial charge in [-0.1, -0.05) is 34.8 Å². The Morgan fingerprint density at radius 3 is 2.19 bits per heavy atom. The molecular formula is C18H17Cl3N2O3. The number of hydrogen-bond donors (Lipinski definition) is 2. The number of ether oxygens (including phenoxy) is 1. The third-order valence-electron chi connectivity index (χ3n) is 3.40. The monoisotopic (exact) mass is 414 g/mol. The Morgan fingerprint density at radius 1 is 1.00 bits per heavy atom. The number of hydrazine groups is 1. The van der Waals surface area contributed by atoms with Gasteiger partial charge in [0.1, 0.15) is 5.75 Å². The molecule has 2 N–H and O–H groups in total. The van der Waals surface area contributed by atoms with Crippen molar-refractivity contribution < 1.29 is 14.3 Å². The predicted molar refractivity (Wildman–Crippen MR) is 104 cm³/mol. The van der Waals surface area contributed by atoms with Gasteiger partial charge in [-0.2, -0.15) is 0 Å². The minimum absolute atomic E-state index is 0.0157. The Balaban J connectivity index is 1.84. The smallest absolute Gasteiger partial charge is 0.238 e. The lowest BCUT2D eigenvalue weighted by atomic mass is 10.1. The topological polar surface area (TPSA) is 67.4 Å². The molecule has 0 aliphatic carbocycles. The van der Waals surface area contributed by atoms with E-state index in [4.69, 9.17) is 39.5 Å². The Labute approximate surface area is 166 Å². The number of benzene rings is 2. The molecule has 8 heteroatoms. The average Bonchev–Trinajstić information content (AvgIpc) is 2.59. The Hall–Kier alpha value is -1.95. The summed E-state index contributed by atoms with van der Waals surface area (Å²) in [6, 6.07) is 9.80. The van der Waals surface area contributed by atoms with E-state index in [1.54, 1.807) is 24.3 Å². The van der Waals surface area contributed by atoms with Crippen molar-refractivity contribution in [3.05, 3.63) is 57.0 Å². The molecular weight excluding hydrogens is 399 g/mol. The van der Waals surface area contributed by atoms with E-state index in [0.29, 0.717) is 28.6 Å². The maximum absolute atomic E-state index is 12.1. The van der Waals surface area contributed by atoms with E-state index in [9.17, 15) is 9.59 Å². The van der Waals surface area contributed by atoms with Gasteiger partial charge >= 0.3 is 0 Å². The molecule has 0 unspecified atom stereocenters. The minimum atomic E-state index is -0.369. The van der Waals surface area contributed by atoms with Gasteiger partial charge in [-0.15, -0.1) is 0 Å². The molecule has 0 atom stereocenters. The van der Waals surface area contributed by atoms with Crippen LogP contribution in [0.3, 0.4) is 0 Å². The Bertz CT molecular complexity index is 772. The van der Waals surface area contributed by atoms with Crippen LogP contribution in [0.1, 0.15) is 30.1 Å². The van der Waals surface area contributed by atoms with E-state index in [-0.39, 0.29) is 34.6 Å². The molecule has 0 fully saturated rings. The highest BCUT2D eigenvalue weighted by Crippen LogP contribution is 2.33. The van der Waals surface area contributed by atoms with Crippen molar-refractivity contribution in [1.82, 2.24) is 5.43 Å². The molecule has 0 saturated carbocycles. The number of carbonyl (C=O) groups is 2. The van der Waals surface area contributed by atoms with Crippen LogP contribution in [0.25, 0.3) is 0 Å². The molecule has 0 aliphatic rings. The molecule has 138 valence electrons. The first-order valence-corrected chi connectivity index (χ1v) is 8.99. The fourth-order valence-electron chi connectivity index (χ4n) is 2.13. The molecule has 0 bridgehead atoms. The number of anilines is 1. The van der Waals surface area contributed by atoms with Crippen molar-refractivity contribution in [3.63, 3.8) is 0 Å². The lowest BCUT2D eigenvalue weighted by Gasteiger charge is -2.12. The maximum atomic E-state index is 12.1. The number of rotatable bonds is 8. The molecule has 0 saturated heterocycles. The van der Waals surface area contributed by atoms with E-state index >= 15 is 0 Å². The van der Waals surface area contributed by atoms with Crippen LogP contribution in [0.15, 0.2) is 36.4 Å². The van der Waals surface area contributed by atoms with Gasteiger partial charge in [0, 0.05) is 23.4 Å². The Kier molecular flexibility index (Phi) is 7.57. The van der Waals surface area contributed by atoms with Crippen molar-refractivity contribution in [2.24, 2.45) is 0 Å². The molecule has 0 aromatic heterocycles. The van der Waals surface area contributed by atoms with Gasteiger partial charge in [0.15, 0.2) is 5.78 Å². The van der Waals surface area contributed by atoms with Crippen molar-refractivity contribution in [2.45, 2.75) is 19.8 Å². The van der Waals surface area contributed by atoms with Gasteiger partial charge in [0.2, 0.25) is 5.91 Å². The zero-order valence-electron chi connectivity index (χ0n) is 13.9. The number of nitrogens with one attached hydrogen (secondary N) is 2. The predicted octanol–water partition coefficient (Wildman–Crippen LogP) is 5.15. The summed E-state index contributed by atoms with van der Waals surface area (Å²) in [5.74, 6) is 0.194. The van der Waals surface area contributed by atoms with E-state index in [1.165, 1.54) is 12.1 Å². The summed E-state index contributed by atoms with van der Waals surface area (Å²) in [7, 11) is 0. The SMILES string of the molecule is CCOc1ccc(C(=O)CCC(=O)NNc2c(Cl)cc(Cl)cc2Cl)cc1. The van der Waals surface area contributed by atoms with Crippen LogP contribution in [0.4, 0.5) is 5.69 Å². The Morgan fingerprint density at radius 2 is 1.62 bits per heavy atom. The van der Waals surface area contributed by atoms with Crippen LogP contribution in [0, 0.1) is 0 Å². The summed E-state index contributed by atoms with van der Waals surface area (Å²) in [6.45, 7) is 2.44. The fraction of sp³-hybridized carbons (Fsp3) is 0.222. The molecule has 2 aromatic carbocycles. The largest absolute Gasteiger partial charge is 0.494 e. The van der Waals surface area contributed by atoms with Crippen LogP contribution in [-0.4, -0.2) is 18.3 Å². The van der Waals surface area contributed by atoms with Gasteiger partial charge in [-0.3, -0.25) is 20.4 Å². The van der Waals surface area contributed by atoms with Crippen LogP contribution < -0.4 is 15.6 Å². The highest BCUT2D eigenvalue weighted by atomic mass is 35.5. The van der Waals surface area contributed by atoms with E-state index in [0.717, 1.165) is 0 Å². The molecule has 0 aliphatic heterocycles. The van der Waals surface area contributed by atoms with Crippen LogP contribution in [-0.2, 0) is 4.79 Å². The number of halogens is 3. The zero-order chi connectivity index (χ0) is 19.1. The maximum Gasteiger partial charge on any atom is 0.238 e. The third kappa shape index (κ3) is 5.80. The summed E-state index contributed by atoms with van der Waals surface area (Å²) < 4.78 is 5.33. The first kappa shape index (κ1) is 20.4. The van der Waals surface area contributed by atoms with Gasteiger partial charge in [0.05, 0.1) is 22.3 Å². The fourth-order valence-corrected chi connectivity index (χ4v) is 3.04. The van der Waals surface area contributed by atoms with Gasteiger partial charge < -0.3 is 4.74 Å². The molecule has 2 rings (SSSR count). The normalized spacial score (nSPS) is 10.3. The lowest BCUT2D eigenvalue weighted by Crippen LogP contribution is -2.29. The zero-order valence-corrected chi connectivity index (χ0v) is 16.2. The number of amides is 1. The third-order valence-corrected chi connectivity index (χ3v) is 4.21. The van der Waals surface area contributed by atoms with Crippen LogP contribution in [0.5, 0.6) is 5.75 Å². The number of ketones is 1. The first-order chi connectivity index (χ1) is 12.4. The molecule has 0 radical (unpaired) electrons. The summed E-state index contributed by atoms with van der Waals surface area (Å²) in [5.41, 5.74) is 5.97. The van der Waals surface area contributed by atoms with E-state index < -0.39 is 0 Å². The molecule has 5 nitrogen and oxygen atoms in total. The second kappa shape index (κ2) is 9.67. The van der Waals surface area contributed by atoms with Gasteiger partial charge in [-0.05, 0) is 43.3 Å². The van der Waals surface area contributed by atoms with Crippen LogP contribution >= 0.6 is 34.8 Å². The quantitative estimate of drug-likeness (QED) is 0.462. The van der Waals surface area contributed by atoms with E-state index in [2.05, 4.69) is 10.9 Å². The highest BCUT2D eigenvalue weighted by Gasteiger charge is 2.12. The summed E-state index contributed by atoms with van der Waals surface area (Å²) in [5, 5.41) is 0.930. The highest BCUT2D eigenvalue weighted by molar-refractivity contribution is 6.41. The first-order valence-electron chi connectivity index (χ1n) is 7.86. The summed E-state index contributed by atoms with van der Waals surface area (Å²) in [4.78, 5) is 24.1. The standard InChI is InChI=1S/C18H17Cl3N2O3/c1-2-26-13-5-3-11(4-6-13)16(24)7-8-17(25)22-23-18-14(20)9-12(19)10-15(18)21/h3-6,9-10,23H,2,7-8H2,1H3,(H,22,25). The minimum Gasteiger partial charge on any atom is -0.494 e. The number of carbonyl (C=O) groups excluding carboxylic acids is 2. The average molecular weight is 416 g/mol. The molecule has 2 aromatic rings. The van der Waals surface area contributed by atoms with E-state index in [1.807, 2.05) is 6.92 Å². The molecule has 1 amide bonds. The molecule has 0 spiro atoms. The summed E-state index contributed by atoms with van der Waals surface area (Å²) in [6.07, 6.45) is 0.0887. The van der Waals surface area contributed by atoms with Crippen molar-refractivity contribution in [2.75, 3.05) is 12.0 Å². The van der Waals surface area contributed by atoms with Gasteiger partial charge in [0.25, 0.3) is 0 Å². The summed E-state index contributed by atoms with van der Waals surface area (Å²) >= 11 is 17.9. The number of Topliss-reactive ketones (excluding diaryl/α,β-unsaturated/α-hetero) is 1. The second-order valence-electron chi connectivity index (χ2n) is 5.30. The van der Waals surface area contributed by atoms with Gasteiger partial charge in [-0.25, -0.2) is 0 Å². The molecule has 0 heterocycles. The van der Waals surface area contributed by atoms with Crippen molar-refractivity contribution in [1.29, 1.82) is 0 Å². The molecule has 26 heavy (non-hydrogen) atoms. The van der Waals surface area contributed by atoms with Crippen molar-refractivity contribution in [3.8, 4) is 5.75 Å². The second-order valence-corrected chi connectivity index (χ2v) is 6.55. The number of hydrogen-bond acceptors (Lipinski definition) is 4.